The summed E-state index contributed by atoms with van der Waals surface area (Å²) < 4.78 is 5.72. The fraction of sp³-hybridized carbons (Fsp3) is 0.429. The van der Waals surface area contributed by atoms with E-state index in [1.165, 1.54) is 22.3 Å². The predicted molar refractivity (Wildman–Crippen MR) is 165 cm³/mol. The normalized spacial score (nSPS) is 12.5. The van der Waals surface area contributed by atoms with Gasteiger partial charge in [0, 0.05) is 16.3 Å². The minimum atomic E-state index is -1.05. The lowest BCUT2D eigenvalue weighted by atomic mass is 9.95. The van der Waals surface area contributed by atoms with Gasteiger partial charge in [-0.25, -0.2) is 0 Å². The number of carboxylic acid groups (broad SMARTS) is 1. The monoisotopic (exact) mass is 546 g/mol. The standard InChI is InChI=1S/C35H46O5/c1-24(2)12-9-13-25(3)14-10-15-26(4)16-11-17-27(5)20-21-29-28(6)34(39)30-18-7-8-19-31(30)35(29)40-33(38)23-22-32(36)37/h7-8,12,14,16,18-20,39H,9-11,13,15,17,21-23H2,1-6H3,(H,36,37)/b25-14+,26-16+,27-20+. The molecule has 0 aliphatic carbocycles. The Morgan fingerprint density at radius 3 is 1.82 bits per heavy atom. The number of aromatic hydroxyl groups is 1. The van der Waals surface area contributed by atoms with Crippen molar-refractivity contribution in [3.05, 3.63) is 82.0 Å². The first-order chi connectivity index (χ1) is 19.0. The highest BCUT2D eigenvalue weighted by atomic mass is 16.5. The fourth-order valence-electron chi connectivity index (χ4n) is 4.57. The van der Waals surface area contributed by atoms with E-state index in [0.717, 1.165) is 44.1 Å². The number of hydrogen-bond acceptors (Lipinski definition) is 4. The number of ether oxygens (including phenoxy) is 1. The van der Waals surface area contributed by atoms with E-state index in [2.05, 4.69) is 58.9 Å². The van der Waals surface area contributed by atoms with Gasteiger partial charge in [-0.3, -0.25) is 9.59 Å². The number of fused-ring (bicyclic) bond motifs is 1. The highest BCUT2D eigenvalue weighted by Gasteiger charge is 2.20. The Morgan fingerprint density at radius 2 is 1.27 bits per heavy atom. The maximum atomic E-state index is 12.5. The molecule has 2 N–H and O–H groups in total. The van der Waals surface area contributed by atoms with Crippen molar-refractivity contribution < 1.29 is 24.5 Å². The van der Waals surface area contributed by atoms with Gasteiger partial charge in [0.15, 0.2) is 0 Å². The van der Waals surface area contributed by atoms with E-state index >= 15 is 0 Å². The molecule has 0 saturated carbocycles. The molecule has 5 nitrogen and oxygen atoms in total. The van der Waals surface area contributed by atoms with Crippen molar-refractivity contribution in [3.63, 3.8) is 0 Å². The van der Waals surface area contributed by atoms with Crippen LogP contribution in [-0.4, -0.2) is 22.2 Å². The molecule has 0 aliphatic rings. The summed E-state index contributed by atoms with van der Waals surface area (Å²) in [6.07, 6.45) is 15.3. The molecule has 0 unspecified atom stereocenters. The molecule has 0 radical (unpaired) electrons. The molecule has 0 bridgehead atoms. The Kier molecular flexibility index (Phi) is 13.4. The maximum Gasteiger partial charge on any atom is 0.311 e. The summed E-state index contributed by atoms with van der Waals surface area (Å²) in [6.45, 7) is 12.6. The van der Waals surface area contributed by atoms with Gasteiger partial charge in [-0.2, -0.15) is 0 Å². The Balaban J connectivity index is 2.06. The number of phenolic OH excluding ortho intramolecular Hbond substituents is 1. The van der Waals surface area contributed by atoms with E-state index in [1.807, 2.05) is 25.1 Å². The first kappa shape index (κ1) is 32.6. The minimum Gasteiger partial charge on any atom is -0.507 e. The van der Waals surface area contributed by atoms with Crippen LogP contribution in [0.2, 0.25) is 0 Å². The molecule has 216 valence electrons. The number of phenols is 1. The predicted octanol–water partition coefficient (Wildman–Crippen LogP) is 9.31. The third-order valence-electron chi connectivity index (χ3n) is 7.08. The lowest BCUT2D eigenvalue weighted by Gasteiger charge is -2.17. The molecular formula is C35H46O5. The average molecular weight is 547 g/mol. The zero-order chi connectivity index (χ0) is 29.7. The molecule has 0 amide bonds. The number of rotatable bonds is 15. The number of carbonyl (C=O) groups is 2. The van der Waals surface area contributed by atoms with E-state index in [0.29, 0.717) is 28.5 Å². The van der Waals surface area contributed by atoms with Gasteiger partial charge in [-0.05, 0) is 92.1 Å². The SMILES string of the molecule is CC(C)=CCC/C(C)=C/CC/C(C)=C/CC/C(C)=C/Cc1c(C)c(O)c2ccccc2c1OC(=O)CCC(=O)O. The molecular weight excluding hydrogens is 500 g/mol. The average Bonchev–Trinajstić information content (AvgIpc) is 2.90. The van der Waals surface area contributed by atoms with Gasteiger partial charge in [-0.15, -0.1) is 0 Å². The molecule has 0 aliphatic heterocycles. The van der Waals surface area contributed by atoms with Crippen molar-refractivity contribution in [2.24, 2.45) is 0 Å². The van der Waals surface area contributed by atoms with Gasteiger partial charge in [0.05, 0.1) is 12.8 Å². The van der Waals surface area contributed by atoms with Crippen molar-refractivity contribution in [2.75, 3.05) is 0 Å². The Morgan fingerprint density at radius 1 is 0.750 bits per heavy atom. The molecule has 0 atom stereocenters. The van der Waals surface area contributed by atoms with E-state index in [9.17, 15) is 14.7 Å². The maximum absolute atomic E-state index is 12.5. The summed E-state index contributed by atoms with van der Waals surface area (Å²) in [4.78, 5) is 23.4. The first-order valence-corrected chi connectivity index (χ1v) is 14.3. The second-order valence-corrected chi connectivity index (χ2v) is 10.9. The summed E-state index contributed by atoms with van der Waals surface area (Å²) in [5.74, 6) is -1.08. The van der Waals surface area contributed by atoms with Crippen LogP contribution in [0.5, 0.6) is 11.5 Å². The number of allylic oxidation sites excluding steroid dienone is 8. The van der Waals surface area contributed by atoms with Gasteiger partial charge in [-0.1, -0.05) is 70.9 Å². The van der Waals surface area contributed by atoms with E-state index < -0.39 is 11.9 Å². The van der Waals surface area contributed by atoms with Crippen LogP contribution < -0.4 is 4.74 Å². The molecule has 5 heteroatoms. The topological polar surface area (TPSA) is 83.8 Å². The number of benzene rings is 2. The molecule has 0 aromatic heterocycles. The van der Waals surface area contributed by atoms with Crippen molar-refractivity contribution in [1.29, 1.82) is 0 Å². The van der Waals surface area contributed by atoms with Crippen LogP contribution in [0.4, 0.5) is 0 Å². The van der Waals surface area contributed by atoms with E-state index in [4.69, 9.17) is 9.84 Å². The number of carboxylic acids is 1. The highest BCUT2D eigenvalue weighted by molar-refractivity contribution is 5.97. The van der Waals surface area contributed by atoms with Gasteiger partial charge >= 0.3 is 11.9 Å². The van der Waals surface area contributed by atoms with Crippen molar-refractivity contribution in [1.82, 2.24) is 0 Å². The first-order valence-electron chi connectivity index (χ1n) is 14.3. The van der Waals surface area contributed by atoms with Gasteiger partial charge < -0.3 is 14.9 Å². The molecule has 0 spiro atoms. The Hall–Kier alpha value is -3.60. The third kappa shape index (κ3) is 10.9. The van der Waals surface area contributed by atoms with Crippen LogP contribution in [0.1, 0.15) is 97.1 Å². The molecule has 2 rings (SSSR count). The zero-order valence-electron chi connectivity index (χ0n) is 25.1. The summed E-state index contributed by atoms with van der Waals surface area (Å²) in [5.41, 5.74) is 6.83. The molecule has 2 aromatic carbocycles. The van der Waals surface area contributed by atoms with E-state index in [-0.39, 0.29) is 18.6 Å². The van der Waals surface area contributed by atoms with Crippen LogP contribution in [0.25, 0.3) is 10.8 Å². The van der Waals surface area contributed by atoms with Crippen LogP contribution in [0.15, 0.2) is 70.9 Å². The van der Waals surface area contributed by atoms with E-state index in [1.54, 1.807) is 6.07 Å². The van der Waals surface area contributed by atoms with Crippen LogP contribution in [0.3, 0.4) is 0 Å². The van der Waals surface area contributed by atoms with Crippen LogP contribution in [-0.2, 0) is 16.0 Å². The Labute approximate surface area is 240 Å². The van der Waals surface area contributed by atoms with Gasteiger partial charge in [0.2, 0.25) is 0 Å². The second kappa shape index (κ2) is 16.5. The quantitative estimate of drug-likeness (QED) is 0.132. The zero-order valence-corrected chi connectivity index (χ0v) is 25.1. The molecule has 0 saturated heterocycles. The van der Waals surface area contributed by atoms with Crippen molar-refractivity contribution in [3.8, 4) is 11.5 Å². The molecule has 0 heterocycles. The summed E-state index contributed by atoms with van der Waals surface area (Å²) >= 11 is 0. The number of esters is 1. The summed E-state index contributed by atoms with van der Waals surface area (Å²) in [5, 5.41) is 21.0. The van der Waals surface area contributed by atoms with Gasteiger partial charge in [0.1, 0.15) is 11.5 Å². The third-order valence-corrected chi connectivity index (χ3v) is 7.08. The van der Waals surface area contributed by atoms with Crippen molar-refractivity contribution in [2.45, 2.75) is 99.3 Å². The highest BCUT2D eigenvalue weighted by Crippen LogP contribution is 2.40. The summed E-state index contributed by atoms with van der Waals surface area (Å²) in [6, 6.07) is 7.24. The summed E-state index contributed by atoms with van der Waals surface area (Å²) in [7, 11) is 0. The molecule has 2 aromatic rings. The van der Waals surface area contributed by atoms with Crippen LogP contribution in [0, 0.1) is 6.92 Å². The lowest BCUT2D eigenvalue weighted by Crippen LogP contribution is -2.12. The fourth-order valence-corrected chi connectivity index (χ4v) is 4.57. The van der Waals surface area contributed by atoms with Crippen LogP contribution >= 0.6 is 0 Å². The number of hydrogen-bond donors (Lipinski definition) is 2. The second-order valence-electron chi connectivity index (χ2n) is 10.9. The molecule has 0 fully saturated rings. The smallest absolute Gasteiger partial charge is 0.311 e. The largest absolute Gasteiger partial charge is 0.507 e. The lowest BCUT2D eigenvalue weighted by molar-refractivity contribution is -0.142. The number of carbonyl (C=O) groups excluding carboxylic acids is 1. The Bertz CT molecular complexity index is 1300. The molecule has 40 heavy (non-hydrogen) atoms. The number of aliphatic carboxylic acids is 1. The van der Waals surface area contributed by atoms with Gasteiger partial charge in [0.25, 0.3) is 0 Å². The minimum absolute atomic E-state index is 0.168. The van der Waals surface area contributed by atoms with Crippen molar-refractivity contribution >= 4 is 22.7 Å².